The third kappa shape index (κ3) is 2.87. The molecular formula is C8H9Cl3N2O. The van der Waals surface area contributed by atoms with Crippen molar-refractivity contribution >= 4 is 48.1 Å². The number of hydrogen-bond donors (Lipinski definition) is 1. The quantitative estimate of drug-likeness (QED) is 0.784. The zero-order valence-electron chi connectivity index (χ0n) is 6.97. The van der Waals surface area contributed by atoms with E-state index in [0.717, 1.165) is 5.52 Å². The summed E-state index contributed by atoms with van der Waals surface area (Å²) >= 11 is 0. The maximum absolute atomic E-state index is 11.1. The van der Waals surface area contributed by atoms with Gasteiger partial charge in [0.15, 0.2) is 0 Å². The third-order valence-corrected chi connectivity index (χ3v) is 1.55. The fourth-order valence-corrected chi connectivity index (χ4v) is 1.02. The number of hydrogen-bond acceptors (Lipinski definition) is 2. The first-order valence-electron chi connectivity index (χ1n) is 3.30. The van der Waals surface area contributed by atoms with Gasteiger partial charge in [-0.3, -0.25) is 4.79 Å². The van der Waals surface area contributed by atoms with Crippen LogP contribution in [-0.2, 0) is 0 Å². The van der Waals surface area contributed by atoms with Gasteiger partial charge in [-0.25, -0.2) is 4.98 Å². The summed E-state index contributed by atoms with van der Waals surface area (Å²) in [5.74, 6) is 0. The Labute approximate surface area is 99.2 Å². The SMILES string of the molecule is Cl.Cl.Cl.O=c1[nH]cnc2ccccc12. The standard InChI is InChI=1S/C8H6N2O.3ClH/c11-8-6-3-1-2-4-7(6)9-5-10-8;;;/h1-5H,(H,9,10,11);3*1H. The molecule has 1 heterocycles. The Morgan fingerprint density at radius 1 is 1.07 bits per heavy atom. The first kappa shape index (κ1) is 15.7. The fraction of sp³-hybridized carbons (Fsp3) is 0. The van der Waals surface area contributed by atoms with Crippen LogP contribution in [0.5, 0.6) is 0 Å². The van der Waals surface area contributed by atoms with Gasteiger partial charge in [0.2, 0.25) is 0 Å². The Bertz CT molecular complexity index is 438. The molecule has 1 aromatic heterocycles. The molecule has 0 spiro atoms. The van der Waals surface area contributed by atoms with E-state index in [2.05, 4.69) is 9.97 Å². The average molecular weight is 256 g/mol. The van der Waals surface area contributed by atoms with E-state index in [4.69, 9.17) is 0 Å². The normalized spacial score (nSPS) is 8.00. The largest absolute Gasteiger partial charge is 0.313 e. The van der Waals surface area contributed by atoms with E-state index < -0.39 is 0 Å². The van der Waals surface area contributed by atoms with Crippen molar-refractivity contribution in [3.63, 3.8) is 0 Å². The number of aromatic nitrogens is 2. The van der Waals surface area contributed by atoms with Crippen molar-refractivity contribution in [2.45, 2.75) is 0 Å². The van der Waals surface area contributed by atoms with E-state index in [9.17, 15) is 4.79 Å². The Morgan fingerprint density at radius 3 is 2.36 bits per heavy atom. The maximum atomic E-state index is 11.1. The predicted octanol–water partition coefficient (Wildman–Crippen LogP) is 2.19. The number of fused-ring (bicyclic) bond motifs is 1. The molecule has 0 amide bonds. The molecule has 14 heavy (non-hydrogen) atoms. The molecule has 3 nitrogen and oxygen atoms in total. The molecule has 0 bridgehead atoms. The summed E-state index contributed by atoms with van der Waals surface area (Å²) < 4.78 is 0. The van der Waals surface area contributed by atoms with Crippen LogP contribution >= 0.6 is 37.2 Å². The Balaban J connectivity index is 0. The molecule has 0 aliphatic carbocycles. The van der Waals surface area contributed by atoms with E-state index in [0.29, 0.717) is 5.39 Å². The van der Waals surface area contributed by atoms with Crippen LogP contribution in [0.15, 0.2) is 35.4 Å². The van der Waals surface area contributed by atoms with E-state index in [1.54, 1.807) is 6.07 Å². The van der Waals surface area contributed by atoms with Crippen molar-refractivity contribution in [1.82, 2.24) is 9.97 Å². The van der Waals surface area contributed by atoms with Gasteiger partial charge in [0, 0.05) is 0 Å². The minimum Gasteiger partial charge on any atom is -0.313 e. The minimum atomic E-state index is -0.0874. The summed E-state index contributed by atoms with van der Waals surface area (Å²) in [7, 11) is 0. The van der Waals surface area contributed by atoms with Crippen LogP contribution in [0.4, 0.5) is 0 Å². The molecular weight excluding hydrogens is 246 g/mol. The Kier molecular flexibility index (Phi) is 7.45. The molecule has 0 atom stereocenters. The van der Waals surface area contributed by atoms with Gasteiger partial charge < -0.3 is 4.98 Å². The number of H-pyrrole nitrogens is 1. The second-order valence-corrected chi connectivity index (χ2v) is 2.25. The van der Waals surface area contributed by atoms with Crippen molar-refractivity contribution in [3.05, 3.63) is 40.9 Å². The number of nitrogens with one attached hydrogen (secondary N) is 1. The first-order valence-corrected chi connectivity index (χ1v) is 3.30. The summed E-state index contributed by atoms with van der Waals surface area (Å²) in [6.45, 7) is 0. The molecule has 2 rings (SSSR count). The number of rotatable bonds is 0. The lowest BCUT2D eigenvalue weighted by Gasteiger charge is -1.91. The lowest BCUT2D eigenvalue weighted by Crippen LogP contribution is -2.05. The van der Waals surface area contributed by atoms with E-state index in [-0.39, 0.29) is 42.8 Å². The number of nitrogens with zero attached hydrogens (tertiary/aromatic N) is 1. The van der Waals surface area contributed by atoms with Crippen molar-refractivity contribution in [2.24, 2.45) is 0 Å². The molecule has 0 unspecified atom stereocenters. The monoisotopic (exact) mass is 254 g/mol. The molecule has 0 fully saturated rings. The topological polar surface area (TPSA) is 45.8 Å². The number of aromatic amines is 1. The van der Waals surface area contributed by atoms with E-state index >= 15 is 0 Å². The van der Waals surface area contributed by atoms with Crippen LogP contribution in [-0.4, -0.2) is 9.97 Å². The number of benzene rings is 1. The van der Waals surface area contributed by atoms with E-state index in [1.165, 1.54) is 6.33 Å². The molecule has 0 aliphatic rings. The molecule has 6 heteroatoms. The second-order valence-electron chi connectivity index (χ2n) is 2.25. The van der Waals surface area contributed by atoms with Crippen LogP contribution in [0.2, 0.25) is 0 Å². The van der Waals surface area contributed by atoms with Gasteiger partial charge in [-0.15, -0.1) is 37.2 Å². The molecule has 0 aliphatic heterocycles. The highest BCUT2D eigenvalue weighted by molar-refractivity contribution is 5.86. The van der Waals surface area contributed by atoms with Gasteiger partial charge in [0.25, 0.3) is 5.56 Å². The van der Waals surface area contributed by atoms with Crippen LogP contribution in [0.25, 0.3) is 10.9 Å². The van der Waals surface area contributed by atoms with Gasteiger partial charge >= 0.3 is 0 Å². The van der Waals surface area contributed by atoms with Gasteiger partial charge in [-0.2, -0.15) is 0 Å². The smallest absolute Gasteiger partial charge is 0.258 e. The minimum absolute atomic E-state index is 0. The summed E-state index contributed by atoms with van der Waals surface area (Å²) in [5, 5.41) is 0.634. The lowest BCUT2D eigenvalue weighted by molar-refractivity contribution is 1.17. The van der Waals surface area contributed by atoms with Crippen molar-refractivity contribution in [2.75, 3.05) is 0 Å². The molecule has 2 aromatic rings. The fourth-order valence-electron chi connectivity index (χ4n) is 1.02. The van der Waals surface area contributed by atoms with Crippen LogP contribution in [0, 0.1) is 0 Å². The summed E-state index contributed by atoms with van der Waals surface area (Å²) in [6, 6.07) is 7.24. The van der Waals surface area contributed by atoms with Gasteiger partial charge in [-0.05, 0) is 12.1 Å². The third-order valence-electron chi connectivity index (χ3n) is 1.55. The number of para-hydroxylation sites is 1. The van der Waals surface area contributed by atoms with Crippen LogP contribution < -0.4 is 5.56 Å². The van der Waals surface area contributed by atoms with E-state index in [1.807, 2.05) is 18.2 Å². The molecule has 1 aromatic carbocycles. The molecule has 0 radical (unpaired) electrons. The van der Waals surface area contributed by atoms with Crippen molar-refractivity contribution in [1.29, 1.82) is 0 Å². The molecule has 78 valence electrons. The van der Waals surface area contributed by atoms with Gasteiger partial charge in [0.1, 0.15) is 0 Å². The highest BCUT2D eigenvalue weighted by atomic mass is 35.5. The highest BCUT2D eigenvalue weighted by Gasteiger charge is 1.94. The average Bonchev–Trinajstić information content (AvgIpc) is 2.06. The molecule has 0 saturated carbocycles. The molecule has 1 N–H and O–H groups in total. The predicted molar refractivity (Wildman–Crippen MR) is 64.1 cm³/mol. The van der Waals surface area contributed by atoms with Crippen LogP contribution in [0.1, 0.15) is 0 Å². The zero-order chi connectivity index (χ0) is 7.68. The van der Waals surface area contributed by atoms with Crippen LogP contribution in [0.3, 0.4) is 0 Å². The number of halogens is 3. The Morgan fingerprint density at radius 2 is 1.71 bits per heavy atom. The Hall–Kier alpha value is -0.770. The molecule has 0 saturated heterocycles. The highest BCUT2D eigenvalue weighted by Crippen LogP contribution is 2.02. The zero-order valence-corrected chi connectivity index (χ0v) is 9.42. The van der Waals surface area contributed by atoms with Crippen molar-refractivity contribution in [3.8, 4) is 0 Å². The first-order chi connectivity index (χ1) is 5.38. The summed E-state index contributed by atoms with van der Waals surface area (Å²) in [4.78, 5) is 17.6. The second kappa shape index (κ2) is 6.65. The van der Waals surface area contributed by atoms with Gasteiger partial charge in [0.05, 0.1) is 17.2 Å². The summed E-state index contributed by atoms with van der Waals surface area (Å²) in [5.41, 5.74) is 0.645. The van der Waals surface area contributed by atoms with Crippen molar-refractivity contribution < 1.29 is 0 Å². The maximum Gasteiger partial charge on any atom is 0.258 e. The lowest BCUT2D eigenvalue weighted by atomic mass is 10.2. The summed E-state index contributed by atoms with van der Waals surface area (Å²) in [6.07, 6.45) is 1.41. The van der Waals surface area contributed by atoms with Gasteiger partial charge in [-0.1, -0.05) is 12.1 Å².